The summed E-state index contributed by atoms with van der Waals surface area (Å²) in [7, 11) is 0. The van der Waals surface area contributed by atoms with Crippen LogP contribution >= 0.6 is 22.9 Å². The predicted molar refractivity (Wildman–Crippen MR) is 76.2 cm³/mol. The molecule has 2 aromatic rings. The van der Waals surface area contributed by atoms with Crippen LogP contribution < -0.4 is 5.32 Å². The fourth-order valence-corrected chi connectivity index (χ4v) is 3.88. The fourth-order valence-electron chi connectivity index (χ4n) is 2.52. The van der Waals surface area contributed by atoms with Gasteiger partial charge in [0.15, 0.2) is 0 Å². The van der Waals surface area contributed by atoms with Gasteiger partial charge >= 0.3 is 0 Å². The third kappa shape index (κ3) is 2.30. The molecule has 94 valence electrons. The number of thiophene rings is 1. The van der Waals surface area contributed by atoms with Crippen molar-refractivity contribution in [2.45, 2.75) is 31.8 Å². The molecule has 0 aromatic carbocycles. The van der Waals surface area contributed by atoms with Crippen LogP contribution in [0, 0.1) is 0 Å². The van der Waals surface area contributed by atoms with Crippen molar-refractivity contribution in [2.75, 3.05) is 0 Å². The lowest BCUT2D eigenvalue weighted by molar-refractivity contribution is 0.458. The zero-order valence-electron chi connectivity index (χ0n) is 10.2. The Morgan fingerprint density at radius 1 is 1.50 bits per heavy atom. The van der Waals surface area contributed by atoms with Gasteiger partial charge in [0.05, 0.1) is 10.0 Å². The van der Waals surface area contributed by atoms with E-state index in [0.29, 0.717) is 6.04 Å². The van der Waals surface area contributed by atoms with Crippen LogP contribution in [-0.4, -0.2) is 4.98 Å². The van der Waals surface area contributed by atoms with Crippen LogP contribution in [-0.2, 0) is 6.42 Å². The predicted octanol–water partition coefficient (Wildman–Crippen LogP) is 4.13. The molecule has 2 heterocycles. The van der Waals surface area contributed by atoms with E-state index in [1.165, 1.54) is 10.4 Å². The minimum absolute atomic E-state index is 0.265. The molecule has 0 saturated heterocycles. The summed E-state index contributed by atoms with van der Waals surface area (Å²) in [5, 5.41) is 3.65. The molecule has 0 radical (unpaired) electrons. The van der Waals surface area contributed by atoms with Gasteiger partial charge in [0.2, 0.25) is 0 Å². The lowest BCUT2D eigenvalue weighted by Gasteiger charge is -2.19. The monoisotopic (exact) mass is 278 g/mol. The van der Waals surface area contributed by atoms with Crippen molar-refractivity contribution in [3.63, 3.8) is 0 Å². The first kappa shape index (κ1) is 12.2. The lowest BCUT2D eigenvalue weighted by atomic mass is 10.1. The Kier molecular flexibility index (Phi) is 3.37. The Hall–Kier alpha value is -0.900. The van der Waals surface area contributed by atoms with Crippen molar-refractivity contribution < 1.29 is 0 Å². The highest BCUT2D eigenvalue weighted by Gasteiger charge is 2.26. The summed E-state index contributed by atoms with van der Waals surface area (Å²) in [6.07, 6.45) is 4.14. The summed E-state index contributed by atoms with van der Waals surface area (Å²) in [4.78, 5) is 5.83. The molecule has 0 aliphatic heterocycles. The van der Waals surface area contributed by atoms with Crippen LogP contribution in [0.25, 0.3) is 0 Å². The number of pyridine rings is 1. The van der Waals surface area contributed by atoms with E-state index >= 15 is 0 Å². The highest BCUT2D eigenvalue weighted by molar-refractivity contribution is 7.16. The van der Waals surface area contributed by atoms with E-state index in [0.717, 1.165) is 22.9 Å². The molecule has 0 bridgehead atoms. The number of halogens is 1. The first-order valence-electron chi connectivity index (χ1n) is 6.19. The molecule has 2 nitrogen and oxygen atoms in total. The zero-order chi connectivity index (χ0) is 12.5. The Balaban J connectivity index is 1.75. The van der Waals surface area contributed by atoms with E-state index in [9.17, 15) is 0 Å². The van der Waals surface area contributed by atoms with Crippen LogP contribution in [0.4, 0.5) is 0 Å². The van der Waals surface area contributed by atoms with Gasteiger partial charge in [0.1, 0.15) is 0 Å². The first-order chi connectivity index (χ1) is 8.74. The molecule has 0 saturated carbocycles. The Bertz CT molecular complexity index is 538. The Morgan fingerprint density at radius 2 is 2.39 bits per heavy atom. The molecule has 0 fully saturated rings. The van der Waals surface area contributed by atoms with E-state index < -0.39 is 0 Å². The number of aromatic nitrogens is 1. The van der Waals surface area contributed by atoms with Crippen molar-refractivity contribution in [3.8, 4) is 0 Å². The summed E-state index contributed by atoms with van der Waals surface area (Å²) in [6.45, 7) is 2.16. The number of hydrogen-bond acceptors (Lipinski definition) is 3. The molecule has 1 N–H and O–H groups in total. The van der Waals surface area contributed by atoms with Gasteiger partial charge in [-0.3, -0.25) is 4.98 Å². The maximum atomic E-state index is 6.08. The second kappa shape index (κ2) is 5.00. The van der Waals surface area contributed by atoms with E-state index in [1.54, 1.807) is 11.3 Å². The van der Waals surface area contributed by atoms with Gasteiger partial charge in [-0.2, -0.15) is 0 Å². The molecule has 1 aliphatic carbocycles. The second-order valence-electron chi connectivity index (χ2n) is 4.66. The molecule has 0 spiro atoms. The van der Waals surface area contributed by atoms with Crippen LogP contribution in [0.15, 0.2) is 30.5 Å². The first-order valence-corrected chi connectivity index (χ1v) is 7.38. The summed E-state index contributed by atoms with van der Waals surface area (Å²) in [5.41, 5.74) is 2.47. The molecule has 0 amide bonds. The smallest absolute Gasteiger partial charge is 0.0934 e. The molecule has 2 atom stereocenters. The quantitative estimate of drug-likeness (QED) is 0.913. The number of nitrogens with zero attached hydrogens (tertiary/aromatic N) is 1. The molecule has 1 aliphatic rings. The van der Waals surface area contributed by atoms with Crippen molar-refractivity contribution in [3.05, 3.63) is 50.9 Å². The summed E-state index contributed by atoms with van der Waals surface area (Å²) in [5.74, 6) is 0. The molecule has 2 unspecified atom stereocenters. The van der Waals surface area contributed by atoms with Crippen molar-refractivity contribution in [1.29, 1.82) is 0 Å². The minimum atomic E-state index is 0.265. The number of nitrogens with one attached hydrogen (secondary N) is 1. The van der Waals surface area contributed by atoms with Crippen LogP contribution in [0.1, 0.15) is 41.6 Å². The zero-order valence-corrected chi connectivity index (χ0v) is 11.8. The van der Waals surface area contributed by atoms with Gasteiger partial charge in [-0.15, -0.1) is 11.3 Å². The van der Waals surface area contributed by atoms with Crippen LogP contribution in [0.2, 0.25) is 4.34 Å². The Morgan fingerprint density at radius 3 is 3.17 bits per heavy atom. The van der Waals surface area contributed by atoms with Gasteiger partial charge in [-0.05, 0) is 43.5 Å². The molecule has 3 rings (SSSR count). The molecule has 18 heavy (non-hydrogen) atoms. The highest BCUT2D eigenvalue weighted by Crippen LogP contribution is 2.40. The lowest BCUT2D eigenvalue weighted by Crippen LogP contribution is -2.23. The van der Waals surface area contributed by atoms with Gasteiger partial charge < -0.3 is 5.32 Å². The van der Waals surface area contributed by atoms with E-state index in [1.807, 2.05) is 18.3 Å². The van der Waals surface area contributed by atoms with Gasteiger partial charge in [0, 0.05) is 23.2 Å². The second-order valence-corrected chi connectivity index (χ2v) is 6.43. The average molecular weight is 279 g/mol. The number of fused-ring (bicyclic) bond motifs is 1. The summed E-state index contributed by atoms with van der Waals surface area (Å²) < 4.78 is 0.900. The Labute approximate surface area is 116 Å². The van der Waals surface area contributed by atoms with E-state index in [2.05, 4.69) is 29.4 Å². The standard InChI is InChI=1S/C14H15ClN2S/c1-9(11-4-2-3-7-16-11)17-12-5-6-13-10(12)8-14(15)18-13/h2-4,7-9,12,17H,5-6H2,1H3. The number of hydrogen-bond donors (Lipinski definition) is 1. The maximum absolute atomic E-state index is 6.08. The minimum Gasteiger partial charge on any atom is -0.302 e. The number of rotatable bonds is 3. The fraction of sp³-hybridized carbons (Fsp3) is 0.357. The van der Waals surface area contributed by atoms with Crippen molar-refractivity contribution >= 4 is 22.9 Å². The van der Waals surface area contributed by atoms with E-state index in [4.69, 9.17) is 11.6 Å². The normalized spacial score (nSPS) is 19.8. The molecular weight excluding hydrogens is 264 g/mol. The van der Waals surface area contributed by atoms with Gasteiger partial charge in [0.25, 0.3) is 0 Å². The summed E-state index contributed by atoms with van der Waals surface area (Å²) >= 11 is 7.79. The van der Waals surface area contributed by atoms with Gasteiger partial charge in [-0.1, -0.05) is 17.7 Å². The van der Waals surface area contributed by atoms with Crippen LogP contribution in [0.5, 0.6) is 0 Å². The molecule has 2 aromatic heterocycles. The largest absolute Gasteiger partial charge is 0.302 e. The van der Waals surface area contributed by atoms with E-state index in [-0.39, 0.29) is 6.04 Å². The number of aryl methyl sites for hydroxylation is 1. The molecule has 4 heteroatoms. The van der Waals surface area contributed by atoms with Crippen molar-refractivity contribution in [1.82, 2.24) is 10.3 Å². The summed E-state index contributed by atoms with van der Waals surface area (Å²) in [6, 6.07) is 8.83. The molecular formula is C14H15ClN2S. The third-order valence-electron chi connectivity index (χ3n) is 3.43. The maximum Gasteiger partial charge on any atom is 0.0934 e. The average Bonchev–Trinajstić information content (AvgIpc) is 2.91. The van der Waals surface area contributed by atoms with Crippen LogP contribution in [0.3, 0.4) is 0 Å². The topological polar surface area (TPSA) is 24.9 Å². The highest BCUT2D eigenvalue weighted by atomic mass is 35.5. The van der Waals surface area contributed by atoms with Crippen molar-refractivity contribution in [2.24, 2.45) is 0 Å². The van der Waals surface area contributed by atoms with Gasteiger partial charge in [-0.25, -0.2) is 0 Å². The third-order valence-corrected chi connectivity index (χ3v) is 4.77. The SMILES string of the molecule is CC(NC1CCc2sc(Cl)cc21)c1ccccn1.